The number of esters is 1. The summed E-state index contributed by atoms with van der Waals surface area (Å²) >= 11 is 0. The van der Waals surface area contributed by atoms with Gasteiger partial charge in [0.15, 0.2) is 0 Å². The van der Waals surface area contributed by atoms with Crippen LogP contribution >= 0.6 is 0 Å². The second-order valence-electron chi connectivity index (χ2n) is 11.7. The van der Waals surface area contributed by atoms with Gasteiger partial charge in [-0.25, -0.2) is 14.2 Å². The number of rotatable bonds is 7. The van der Waals surface area contributed by atoms with E-state index in [1.807, 2.05) is 30.3 Å². The number of amides is 2. The van der Waals surface area contributed by atoms with Crippen LogP contribution in [-0.2, 0) is 28.8 Å². The van der Waals surface area contributed by atoms with Crippen LogP contribution < -0.4 is 11.1 Å². The van der Waals surface area contributed by atoms with Crippen LogP contribution in [0.15, 0.2) is 84.1 Å². The van der Waals surface area contributed by atoms with Crippen molar-refractivity contribution in [1.82, 2.24) is 10.2 Å². The molecule has 1 heterocycles. The highest BCUT2D eigenvalue weighted by Crippen LogP contribution is 2.39. The van der Waals surface area contributed by atoms with Gasteiger partial charge >= 0.3 is 24.1 Å². The highest BCUT2D eigenvalue weighted by Gasteiger charge is 2.47. The quantitative estimate of drug-likeness (QED) is 0.216. The van der Waals surface area contributed by atoms with Crippen LogP contribution in [0.3, 0.4) is 0 Å². The number of carbonyl (C=O) groups is 2. The summed E-state index contributed by atoms with van der Waals surface area (Å²) in [6.45, 7) is 2.43. The first-order valence-electron chi connectivity index (χ1n) is 14.0. The van der Waals surface area contributed by atoms with Crippen molar-refractivity contribution in [3.05, 3.63) is 112 Å². The lowest BCUT2D eigenvalue weighted by atomic mass is 9.93. The van der Waals surface area contributed by atoms with Crippen LogP contribution in [0.1, 0.15) is 40.8 Å². The highest BCUT2D eigenvalue weighted by molar-refractivity contribution is 6.00. The molecule has 1 atom stereocenters. The molecular formula is C33H35F3N6O3+2. The van der Waals surface area contributed by atoms with E-state index in [0.717, 1.165) is 39.2 Å². The van der Waals surface area contributed by atoms with E-state index in [0.29, 0.717) is 11.1 Å². The minimum atomic E-state index is -4.65. The van der Waals surface area contributed by atoms with Crippen molar-refractivity contribution in [2.45, 2.75) is 32.2 Å². The number of benzene rings is 3. The molecule has 1 aliphatic heterocycles. The van der Waals surface area contributed by atoms with Gasteiger partial charge in [-0.2, -0.15) is 23.3 Å². The van der Waals surface area contributed by atoms with Gasteiger partial charge in [-0.15, -0.1) is 0 Å². The largest absolute Gasteiger partial charge is 0.465 e. The van der Waals surface area contributed by atoms with Gasteiger partial charge < -0.3 is 14.5 Å². The number of nitrogens with two attached hydrogens (primary N) is 1. The normalized spacial score (nSPS) is 15.5. The Morgan fingerprint density at radius 3 is 2.22 bits per heavy atom. The van der Waals surface area contributed by atoms with E-state index in [9.17, 15) is 28.0 Å². The summed E-state index contributed by atoms with van der Waals surface area (Å²) in [7, 11) is 7.42. The minimum absolute atomic E-state index is 0.00912. The van der Waals surface area contributed by atoms with E-state index >= 15 is 0 Å². The SMILES string of the molecule is COC(=O)C1=C(C)[N+](c2cccc(C(F)(F)F)c2)=C(N)N(C(=O)NCc2ccc(C[N+](C)(C)C)cc2)C1c1ccc(C#N)cc1. The van der Waals surface area contributed by atoms with Crippen molar-refractivity contribution in [1.29, 1.82) is 5.26 Å². The number of hydrogen-bond acceptors (Lipinski definition) is 5. The molecule has 0 saturated carbocycles. The zero-order chi connectivity index (χ0) is 33.1. The Balaban J connectivity index is 1.82. The van der Waals surface area contributed by atoms with Crippen LogP contribution in [0.5, 0.6) is 0 Å². The van der Waals surface area contributed by atoms with Gasteiger partial charge in [0.05, 0.1) is 51.1 Å². The average molecular weight is 621 g/mol. The van der Waals surface area contributed by atoms with E-state index < -0.39 is 29.8 Å². The molecule has 0 aromatic heterocycles. The average Bonchev–Trinajstić information content (AvgIpc) is 2.99. The Labute approximate surface area is 259 Å². The zero-order valence-corrected chi connectivity index (χ0v) is 25.6. The van der Waals surface area contributed by atoms with Crippen molar-refractivity contribution in [3.8, 4) is 6.07 Å². The predicted octanol–water partition coefficient (Wildman–Crippen LogP) is 5.16. The van der Waals surface area contributed by atoms with E-state index in [-0.39, 0.29) is 29.5 Å². The highest BCUT2D eigenvalue weighted by atomic mass is 19.4. The van der Waals surface area contributed by atoms with Crippen molar-refractivity contribution in [2.24, 2.45) is 5.73 Å². The number of guanidine groups is 1. The number of methoxy groups -OCH3 is 1. The molecule has 3 N–H and O–H groups in total. The number of nitrogens with zero attached hydrogens (tertiary/aromatic N) is 4. The molecule has 45 heavy (non-hydrogen) atoms. The fourth-order valence-corrected chi connectivity index (χ4v) is 5.23. The molecule has 2 amide bonds. The van der Waals surface area contributed by atoms with Crippen molar-refractivity contribution < 1.29 is 36.6 Å². The zero-order valence-electron chi connectivity index (χ0n) is 25.6. The topological polar surface area (TPSA) is 111 Å². The van der Waals surface area contributed by atoms with Gasteiger partial charge in [0.25, 0.3) is 0 Å². The van der Waals surface area contributed by atoms with Gasteiger partial charge in [0.1, 0.15) is 23.8 Å². The van der Waals surface area contributed by atoms with Crippen LogP contribution in [0.4, 0.5) is 23.7 Å². The molecule has 234 valence electrons. The molecule has 0 spiro atoms. The Kier molecular flexibility index (Phi) is 9.34. The predicted molar refractivity (Wildman–Crippen MR) is 161 cm³/mol. The van der Waals surface area contributed by atoms with E-state index in [2.05, 4.69) is 26.5 Å². The van der Waals surface area contributed by atoms with Gasteiger partial charge in [-0.1, -0.05) is 42.5 Å². The van der Waals surface area contributed by atoms with Crippen LogP contribution in [-0.4, -0.2) is 60.2 Å². The summed E-state index contributed by atoms with van der Waals surface area (Å²) in [6.07, 6.45) is -4.65. The summed E-state index contributed by atoms with van der Waals surface area (Å²) in [4.78, 5) is 28.4. The number of ether oxygens (including phenoxy) is 1. The first kappa shape index (κ1) is 32.8. The second-order valence-corrected chi connectivity index (χ2v) is 11.7. The number of nitrogens with one attached hydrogen (secondary N) is 1. The third-order valence-electron chi connectivity index (χ3n) is 7.27. The fourth-order valence-electron chi connectivity index (χ4n) is 5.23. The molecule has 0 saturated heterocycles. The fraction of sp³-hybridized carbons (Fsp3) is 0.273. The maximum absolute atomic E-state index is 14.0. The van der Waals surface area contributed by atoms with Crippen molar-refractivity contribution >= 4 is 23.6 Å². The third-order valence-corrected chi connectivity index (χ3v) is 7.27. The molecule has 0 radical (unpaired) electrons. The Morgan fingerprint density at radius 2 is 1.67 bits per heavy atom. The van der Waals surface area contributed by atoms with Gasteiger partial charge in [0, 0.05) is 12.1 Å². The molecule has 3 aromatic carbocycles. The van der Waals surface area contributed by atoms with Gasteiger partial charge in [0.2, 0.25) is 0 Å². The summed E-state index contributed by atoms with van der Waals surface area (Å²) in [5.74, 6) is -1.04. The van der Waals surface area contributed by atoms with Gasteiger partial charge in [-0.3, -0.25) is 5.73 Å². The van der Waals surface area contributed by atoms with Crippen molar-refractivity contribution in [3.63, 3.8) is 0 Å². The standard InChI is InChI=1S/C33H33F3N6O3/c1-21-28(30(43)45-5)29(25-15-13-22(18-37)14-16-25)41(31(38)40(21)27-8-6-7-26(17-27)33(34,35)36)32(44)39-19-23-9-11-24(12-10-23)20-42(2,3)4/h6-17,29,38H,19-20H2,1-5H3/p+2. The lowest BCUT2D eigenvalue weighted by Crippen LogP contribution is -2.55. The van der Waals surface area contributed by atoms with E-state index in [1.54, 1.807) is 12.1 Å². The molecule has 1 aliphatic rings. The first-order chi connectivity index (χ1) is 21.1. The molecule has 4 rings (SSSR count). The first-order valence-corrected chi connectivity index (χ1v) is 14.0. The third kappa shape index (κ3) is 7.33. The smallest absolute Gasteiger partial charge is 0.416 e. The number of hydrogen-bond donors (Lipinski definition) is 2. The molecule has 1 unspecified atom stereocenters. The number of allylic oxidation sites excluding steroid dienone is 1. The minimum Gasteiger partial charge on any atom is -0.465 e. The molecule has 3 aromatic rings. The molecular weight excluding hydrogens is 585 g/mol. The van der Waals surface area contributed by atoms with E-state index in [1.165, 1.54) is 42.9 Å². The van der Waals surface area contributed by atoms with Crippen LogP contribution in [0.25, 0.3) is 0 Å². The summed E-state index contributed by atoms with van der Waals surface area (Å²) in [5.41, 5.74) is 8.54. The lowest BCUT2D eigenvalue weighted by molar-refractivity contribution is -0.884. The molecule has 12 heteroatoms. The summed E-state index contributed by atoms with van der Waals surface area (Å²) < 4.78 is 48.1. The van der Waals surface area contributed by atoms with Crippen LogP contribution in [0, 0.1) is 11.3 Å². The molecule has 9 nitrogen and oxygen atoms in total. The maximum atomic E-state index is 14.0. The summed E-state index contributed by atoms with van der Waals surface area (Å²) in [5, 5.41) is 12.2. The molecule has 0 bridgehead atoms. The number of quaternary nitrogens is 1. The molecule has 0 aliphatic carbocycles. The monoisotopic (exact) mass is 620 g/mol. The van der Waals surface area contributed by atoms with Crippen LogP contribution in [0.2, 0.25) is 0 Å². The number of nitriles is 1. The maximum Gasteiger partial charge on any atom is 0.416 e. The molecule has 0 fully saturated rings. The van der Waals surface area contributed by atoms with E-state index in [4.69, 9.17) is 10.5 Å². The summed E-state index contributed by atoms with van der Waals surface area (Å²) in [6, 6.07) is 18.6. The number of halogens is 3. The van der Waals surface area contributed by atoms with Gasteiger partial charge in [-0.05, 0) is 48.4 Å². The number of urea groups is 1. The Hall–Kier alpha value is -5.15. The van der Waals surface area contributed by atoms with Crippen molar-refractivity contribution in [2.75, 3.05) is 28.3 Å². The Morgan fingerprint density at radius 1 is 1.04 bits per heavy atom. The second kappa shape index (κ2) is 12.8. The lowest BCUT2D eigenvalue weighted by Gasteiger charge is -2.33. The Bertz CT molecular complexity index is 1700. The number of alkyl halides is 3. The number of carbonyl (C=O) groups excluding carboxylic acids is 2.